The minimum Gasteiger partial charge on any atom is -0.476 e. The number of aliphatic carboxylic acids is 1. The standard InChI is InChI=1S/C9H9F3N4O3S/c1-16(2)4-13-8-14-5(3-20-8)6(7(17)18)15-19-9(10,11)12/h3-4H,1-2H3,(H,17,18). The van der Waals surface area contributed by atoms with Crippen LogP contribution in [0.2, 0.25) is 0 Å². The maximum absolute atomic E-state index is 11.8. The third-order valence-corrected chi connectivity index (χ3v) is 2.33. The monoisotopic (exact) mass is 310 g/mol. The Hall–Kier alpha value is -2.17. The zero-order chi connectivity index (χ0) is 15.3. The third kappa shape index (κ3) is 5.22. The molecule has 0 aromatic carbocycles. The number of alkyl halides is 3. The first-order valence-electron chi connectivity index (χ1n) is 4.92. The van der Waals surface area contributed by atoms with Gasteiger partial charge in [0.25, 0.3) is 0 Å². The first kappa shape index (κ1) is 15.9. The highest BCUT2D eigenvalue weighted by atomic mass is 32.1. The number of oxime groups is 1. The summed E-state index contributed by atoms with van der Waals surface area (Å²) < 4.78 is 35.5. The summed E-state index contributed by atoms with van der Waals surface area (Å²) in [6.07, 6.45) is -3.66. The molecule has 11 heteroatoms. The van der Waals surface area contributed by atoms with Gasteiger partial charge in [0.05, 0.1) is 6.34 Å². The summed E-state index contributed by atoms with van der Waals surface area (Å²) in [5, 5.41) is 12.7. The van der Waals surface area contributed by atoms with Crippen molar-refractivity contribution in [3.63, 3.8) is 0 Å². The maximum Gasteiger partial charge on any atom is 0.593 e. The molecule has 7 nitrogen and oxygen atoms in total. The lowest BCUT2D eigenvalue weighted by atomic mass is 10.3. The predicted octanol–water partition coefficient (Wildman–Crippen LogP) is 1.69. The average Bonchev–Trinajstić information content (AvgIpc) is 2.73. The number of rotatable bonds is 5. The first-order valence-corrected chi connectivity index (χ1v) is 5.79. The van der Waals surface area contributed by atoms with Gasteiger partial charge in [-0.1, -0.05) is 5.16 Å². The Labute approximate surface area is 115 Å². The molecule has 0 fully saturated rings. The molecule has 0 aliphatic rings. The minimum atomic E-state index is -5.07. The molecule has 0 aliphatic heterocycles. The number of carbonyl (C=O) groups is 1. The van der Waals surface area contributed by atoms with Crippen molar-refractivity contribution in [3.05, 3.63) is 11.1 Å². The summed E-state index contributed by atoms with van der Waals surface area (Å²) in [5.41, 5.74) is -1.22. The number of aromatic nitrogens is 1. The molecule has 1 aromatic heterocycles. The predicted molar refractivity (Wildman–Crippen MR) is 65.3 cm³/mol. The number of carboxylic acid groups (broad SMARTS) is 1. The summed E-state index contributed by atoms with van der Waals surface area (Å²) in [7, 11) is 3.42. The second-order valence-electron chi connectivity index (χ2n) is 3.51. The molecule has 0 unspecified atom stereocenters. The van der Waals surface area contributed by atoms with Crippen molar-refractivity contribution in [1.29, 1.82) is 0 Å². The SMILES string of the molecule is CN(C)C=Nc1nc(C(=NOC(F)(F)F)C(=O)O)cs1. The highest BCUT2D eigenvalue weighted by Gasteiger charge is 2.32. The van der Waals surface area contributed by atoms with Crippen LogP contribution < -0.4 is 0 Å². The van der Waals surface area contributed by atoms with Crippen LogP contribution in [0.15, 0.2) is 15.5 Å². The van der Waals surface area contributed by atoms with E-state index in [4.69, 9.17) is 5.11 Å². The van der Waals surface area contributed by atoms with E-state index in [1.807, 2.05) is 0 Å². The van der Waals surface area contributed by atoms with Gasteiger partial charge >= 0.3 is 12.3 Å². The van der Waals surface area contributed by atoms with E-state index in [1.54, 1.807) is 19.0 Å². The van der Waals surface area contributed by atoms with Gasteiger partial charge in [0.1, 0.15) is 5.69 Å². The molecule has 1 N–H and O–H groups in total. The molecule has 0 amide bonds. The Bertz CT molecular complexity index is 539. The Kier molecular flexibility index (Phi) is 5.02. The largest absolute Gasteiger partial charge is 0.593 e. The normalized spacial score (nSPS) is 12.8. The Balaban J connectivity index is 2.97. The fourth-order valence-corrected chi connectivity index (χ4v) is 1.53. The molecule has 0 saturated heterocycles. The molecule has 110 valence electrons. The maximum atomic E-state index is 11.8. The van der Waals surface area contributed by atoms with Crippen molar-refractivity contribution in [2.24, 2.45) is 10.1 Å². The Morgan fingerprint density at radius 2 is 2.20 bits per heavy atom. The van der Waals surface area contributed by atoms with Crippen LogP contribution in [0.5, 0.6) is 0 Å². The topological polar surface area (TPSA) is 87.4 Å². The molecule has 1 heterocycles. The fraction of sp³-hybridized carbons (Fsp3) is 0.333. The van der Waals surface area contributed by atoms with E-state index < -0.39 is 18.0 Å². The van der Waals surface area contributed by atoms with Gasteiger partial charge in [0, 0.05) is 19.5 Å². The van der Waals surface area contributed by atoms with Crippen LogP contribution in [0.25, 0.3) is 0 Å². The van der Waals surface area contributed by atoms with Crippen LogP contribution >= 0.6 is 11.3 Å². The number of aliphatic imine (C=N–C) groups is 1. The molecule has 0 atom stereocenters. The van der Waals surface area contributed by atoms with Gasteiger partial charge in [0.15, 0.2) is 0 Å². The molecule has 1 rings (SSSR count). The lowest BCUT2D eigenvalue weighted by molar-refractivity contribution is -0.325. The van der Waals surface area contributed by atoms with E-state index in [-0.39, 0.29) is 10.8 Å². The second-order valence-corrected chi connectivity index (χ2v) is 4.34. The molecular formula is C9H9F3N4O3S. The number of hydrogen-bond acceptors (Lipinski definition) is 6. The Morgan fingerprint density at radius 1 is 1.55 bits per heavy atom. The first-order chi connectivity index (χ1) is 9.19. The highest BCUT2D eigenvalue weighted by molar-refractivity contribution is 7.13. The van der Waals surface area contributed by atoms with E-state index in [2.05, 4.69) is 20.0 Å². The number of hydrogen-bond donors (Lipinski definition) is 1. The number of carboxylic acids is 1. The lowest BCUT2D eigenvalue weighted by Gasteiger charge is -2.02. The zero-order valence-corrected chi connectivity index (χ0v) is 11.1. The van der Waals surface area contributed by atoms with E-state index in [0.717, 1.165) is 11.3 Å². The second kappa shape index (κ2) is 6.32. The molecule has 0 bridgehead atoms. The highest BCUT2D eigenvalue weighted by Crippen LogP contribution is 2.21. The molecule has 0 aliphatic carbocycles. The van der Waals surface area contributed by atoms with E-state index in [9.17, 15) is 18.0 Å². The van der Waals surface area contributed by atoms with Crippen LogP contribution in [0.1, 0.15) is 5.69 Å². The van der Waals surface area contributed by atoms with Gasteiger partial charge < -0.3 is 10.0 Å². The van der Waals surface area contributed by atoms with Crippen LogP contribution in [0.4, 0.5) is 18.3 Å². The Morgan fingerprint density at radius 3 is 2.70 bits per heavy atom. The smallest absolute Gasteiger partial charge is 0.476 e. The fourth-order valence-electron chi connectivity index (χ4n) is 0.890. The van der Waals surface area contributed by atoms with E-state index in [0.29, 0.717) is 0 Å². The number of halogens is 3. The van der Waals surface area contributed by atoms with Crippen LogP contribution in [0, 0.1) is 0 Å². The van der Waals surface area contributed by atoms with Gasteiger partial charge in [0.2, 0.25) is 10.8 Å². The summed E-state index contributed by atoms with van der Waals surface area (Å²) in [5.74, 6) is -1.69. The van der Waals surface area contributed by atoms with Gasteiger partial charge in [-0.05, 0) is 0 Å². The number of nitrogens with zero attached hydrogens (tertiary/aromatic N) is 4. The summed E-state index contributed by atoms with van der Waals surface area (Å²) in [6, 6.07) is 0. The third-order valence-electron chi connectivity index (χ3n) is 1.58. The zero-order valence-electron chi connectivity index (χ0n) is 10.2. The van der Waals surface area contributed by atoms with Gasteiger partial charge in [-0.25, -0.2) is 14.8 Å². The summed E-state index contributed by atoms with van der Waals surface area (Å²) in [4.78, 5) is 23.2. The molecule has 0 spiro atoms. The van der Waals surface area contributed by atoms with Crippen molar-refractivity contribution in [2.45, 2.75) is 6.36 Å². The molecule has 1 aromatic rings. The molecule has 20 heavy (non-hydrogen) atoms. The van der Waals surface area contributed by atoms with Gasteiger partial charge in [-0.3, -0.25) is 4.84 Å². The molecule has 0 radical (unpaired) electrons. The van der Waals surface area contributed by atoms with E-state index in [1.165, 1.54) is 11.7 Å². The van der Waals surface area contributed by atoms with E-state index >= 15 is 0 Å². The average molecular weight is 310 g/mol. The van der Waals surface area contributed by atoms with Crippen molar-refractivity contribution in [1.82, 2.24) is 9.88 Å². The van der Waals surface area contributed by atoms with Gasteiger partial charge in [-0.2, -0.15) is 0 Å². The van der Waals surface area contributed by atoms with Gasteiger partial charge in [-0.15, -0.1) is 24.5 Å². The van der Waals surface area contributed by atoms with Crippen molar-refractivity contribution in [3.8, 4) is 0 Å². The summed E-state index contributed by atoms with van der Waals surface area (Å²) in [6.45, 7) is 0. The number of thiazole rings is 1. The van der Waals surface area contributed by atoms with Crippen LogP contribution in [-0.2, 0) is 9.63 Å². The van der Waals surface area contributed by atoms with Crippen LogP contribution in [-0.4, -0.2) is 53.5 Å². The molecular weight excluding hydrogens is 301 g/mol. The van der Waals surface area contributed by atoms with Crippen molar-refractivity contribution < 1.29 is 27.9 Å². The van der Waals surface area contributed by atoms with Crippen molar-refractivity contribution >= 4 is 34.5 Å². The van der Waals surface area contributed by atoms with Crippen LogP contribution in [0.3, 0.4) is 0 Å². The minimum absolute atomic E-state index is 0.176. The van der Waals surface area contributed by atoms with Crippen molar-refractivity contribution in [2.75, 3.05) is 14.1 Å². The molecule has 0 saturated carbocycles. The lowest BCUT2D eigenvalue weighted by Crippen LogP contribution is -2.18. The quantitative estimate of drug-likeness (QED) is 0.508. The summed E-state index contributed by atoms with van der Waals surface area (Å²) >= 11 is 0.954.